The zero-order valence-corrected chi connectivity index (χ0v) is 18.1. The number of rotatable bonds is 5. The van der Waals surface area contributed by atoms with Gasteiger partial charge in [-0.3, -0.25) is 9.69 Å². The van der Waals surface area contributed by atoms with Crippen LogP contribution in [0.25, 0.3) is 10.2 Å². The van der Waals surface area contributed by atoms with Crippen molar-refractivity contribution in [1.82, 2.24) is 9.88 Å². The number of aryl methyl sites for hydroxylation is 1. The molecule has 1 saturated heterocycles. The van der Waals surface area contributed by atoms with Gasteiger partial charge >= 0.3 is 5.97 Å². The minimum absolute atomic E-state index is 0.231. The number of nitrogens with zero attached hydrogens (tertiary/aromatic N) is 2. The number of amides is 1. The summed E-state index contributed by atoms with van der Waals surface area (Å²) in [6, 6.07) is 7.62. The number of thiophene rings is 2. The van der Waals surface area contributed by atoms with Crippen molar-refractivity contribution in [1.29, 1.82) is 0 Å². The van der Waals surface area contributed by atoms with Gasteiger partial charge in [0.2, 0.25) is 0 Å². The second-order valence-corrected chi connectivity index (χ2v) is 9.44. The Kier molecular flexibility index (Phi) is 5.94. The maximum atomic E-state index is 12.7. The number of piperidine rings is 1. The first-order valence-electron chi connectivity index (χ1n) is 9.66. The molecule has 8 heteroatoms. The molecule has 4 rings (SSSR count). The highest BCUT2D eigenvalue weighted by Gasteiger charge is 2.23. The first-order chi connectivity index (χ1) is 14.0. The molecule has 6 nitrogen and oxygen atoms in total. The fraction of sp³-hybridized carbons (Fsp3) is 0.381. The minimum atomic E-state index is -0.469. The van der Waals surface area contributed by atoms with Gasteiger partial charge in [0.1, 0.15) is 9.71 Å². The average molecular weight is 430 g/mol. The standard InChI is InChI=1S/C21H23N3O3S2/c1-13-6-9-16(28-13)19(25)23-17-15-8-7-14(12-24-10-4-3-5-11-24)22-20(15)29-18(17)21(26)27-2/h6-9H,3-5,10-12H2,1-2H3,(H,23,25). The number of carbonyl (C=O) groups excluding carboxylic acids is 2. The first kappa shape index (κ1) is 20.0. The van der Waals surface area contributed by atoms with Crippen LogP contribution in [0.2, 0.25) is 0 Å². The van der Waals surface area contributed by atoms with Crippen LogP contribution in [0.1, 0.15) is 49.2 Å². The topological polar surface area (TPSA) is 71.5 Å². The van der Waals surface area contributed by atoms with E-state index < -0.39 is 5.97 Å². The van der Waals surface area contributed by atoms with Gasteiger partial charge in [-0.15, -0.1) is 22.7 Å². The van der Waals surface area contributed by atoms with Crippen LogP contribution in [0.15, 0.2) is 24.3 Å². The highest BCUT2D eigenvalue weighted by Crippen LogP contribution is 2.36. The largest absolute Gasteiger partial charge is 0.465 e. The molecule has 3 aromatic rings. The number of nitrogens with one attached hydrogen (secondary N) is 1. The Balaban J connectivity index is 1.65. The predicted molar refractivity (Wildman–Crippen MR) is 117 cm³/mol. The third kappa shape index (κ3) is 4.34. The van der Waals surface area contributed by atoms with Crippen LogP contribution in [0.5, 0.6) is 0 Å². The number of methoxy groups -OCH3 is 1. The summed E-state index contributed by atoms with van der Waals surface area (Å²) in [6.45, 7) is 4.95. The van der Waals surface area contributed by atoms with Gasteiger partial charge in [0, 0.05) is 16.8 Å². The van der Waals surface area contributed by atoms with Gasteiger partial charge in [0.05, 0.1) is 23.4 Å². The van der Waals surface area contributed by atoms with E-state index in [2.05, 4.69) is 10.2 Å². The molecular formula is C21H23N3O3S2. The quantitative estimate of drug-likeness (QED) is 0.596. The Morgan fingerprint density at radius 2 is 1.93 bits per heavy atom. The van der Waals surface area contributed by atoms with Crippen LogP contribution in [-0.2, 0) is 11.3 Å². The van der Waals surface area contributed by atoms with Gasteiger partial charge in [-0.2, -0.15) is 0 Å². The monoisotopic (exact) mass is 429 g/mol. The third-order valence-electron chi connectivity index (χ3n) is 5.02. The molecule has 1 aliphatic heterocycles. The summed E-state index contributed by atoms with van der Waals surface area (Å²) >= 11 is 2.68. The van der Waals surface area contributed by atoms with Gasteiger partial charge < -0.3 is 10.1 Å². The number of likely N-dealkylation sites (tertiary alicyclic amines) is 1. The Morgan fingerprint density at radius 3 is 2.62 bits per heavy atom. The van der Waals surface area contributed by atoms with Crippen LogP contribution in [0, 0.1) is 6.92 Å². The van der Waals surface area contributed by atoms with E-state index in [9.17, 15) is 9.59 Å². The van der Waals surface area contributed by atoms with E-state index in [4.69, 9.17) is 9.72 Å². The molecule has 0 saturated carbocycles. The number of hydrogen-bond acceptors (Lipinski definition) is 7. The Labute approximate surface area is 177 Å². The summed E-state index contributed by atoms with van der Waals surface area (Å²) in [5, 5.41) is 3.67. The molecule has 0 radical (unpaired) electrons. The van der Waals surface area contributed by atoms with Crippen LogP contribution < -0.4 is 5.32 Å². The molecule has 1 aliphatic rings. The van der Waals surface area contributed by atoms with E-state index in [1.807, 2.05) is 25.1 Å². The molecule has 0 spiro atoms. The first-order valence-corrected chi connectivity index (χ1v) is 11.3. The molecular weight excluding hydrogens is 406 g/mol. The van der Waals surface area contributed by atoms with Gasteiger partial charge in [0.25, 0.3) is 5.91 Å². The van der Waals surface area contributed by atoms with E-state index in [-0.39, 0.29) is 5.91 Å². The van der Waals surface area contributed by atoms with Crippen molar-refractivity contribution in [2.45, 2.75) is 32.7 Å². The minimum Gasteiger partial charge on any atom is -0.465 e. The molecule has 1 fully saturated rings. The number of aromatic nitrogens is 1. The number of carbonyl (C=O) groups is 2. The Hall–Kier alpha value is -2.29. The molecule has 152 valence electrons. The van der Waals surface area contributed by atoms with E-state index in [0.717, 1.165) is 40.4 Å². The van der Waals surface area contributed by atoms with Gasteiger partial charge in [-0.05, 0) is 57.1 Å². The van der Waals surface area contributed by atoms with Crippen LogP contribution in [-0.4, -0.2) is 42.0 Å². The molecule has 3 aromatic heterocycles. The van der Waals surface area contributed by atoms with Gasteiger partial charge in [-0.1, -0.05) is 6.42 Å². The van der Waals surface area contributed by atoms with E-state index in [1.165, 1.54) is 49.0 Å². The van der Waals surface area contributed by atoms with Crippen molar-refractivity contribution in [3.8, 4) is 0 Å². The number of esters is 1. The van der Waals surface area contributed by atoms with E-state index in [1.54, 1.807) is 6.07 Å². The lowest BCUT2D eigenvalue weighted by atomic mass is 10.1. The van der Waals surface area contributed by atoms with Crippen molar-refractivity contribution < 1.29 is 14.3 Å². The van der Waals surface area contributed by atoms with E-state index >= 15 is 0 Å². The Morgan fingerprint density at radius 1 is 1.14 bits per heavy atom. The van der Waals surface area contributed by atoms with Crippen molar-refractivity contribution in [2.75, 3.05) is 25.5 Å². The highest BCUT2D eigenvalue weighted by molar-refractivity contribution is 7.21. The summed E-state index contributed by atoms with van der Waals surface area (Å²) in [5.41, 5.74) is 1.45. The highest BCUT2D eigenvalue weighted by atomic mass is 32.1. The lowest BCUT2D eigenvalue weighted by Crippen LogP contribution is -2.29. The third-order valence-corrected chi connectivity index (χ3v) is 7.10. The summed E-state index contributed by atoms with van der Waals surface area (Å²) in [6.07, 6.45) is 3.75. The molecule has 0 aromatic carbocycles. The summed E-state index contributed by atoms with van der Waals surface area (Å²) in [5.74, 6) is -0.700. The zero-order valence-electron chi connectivity index (χ0n) is 16.5. The molecule has 0 unspecified atom stereocenters. The van der Waals surface area contributed by atoms with Crippen LogP contribution in [0.4, 0.5) is 5.69 Å². The maximum absolute atomic E-state index is 12.7. The molecule has 0 bridgehead atoms. The molecule has 1 amide bonds. The predicted octanol–water partition coefficient (Wildman–Crippen LogP) is 4.69. The average Bonchev–Trinajstić information content (AvgIpc) is 3.32. The van der Waals surface area contributed by atoms with Gasteiger partial charge in [0.15, 0.2) is 0 Å². The number of ether oxygens (including phenoxy) is 1. The molecule has 29 heavy (non-hydrogen) atoms. The van der Waals surface area contributed by atoms with Crippen LogP contribution in [0.3, 0.4) is 0 Å². The van der Waals surface area contributed by atoms with Crippen molar-refractivity contribution in [3.05, 3.63) is 44.6 Å². The lowest BCUT2D eigenvalue weighted by Gasteiger charge is -2.25. The second kappa shape index (κ2) is 8.61. The second-order valence-electron chi connectivity index (χ2n) is 7.15. The molecule has 0 atom stereocenters. The maximum Gasteiger partial charge on any atom is 0.350 e. The zero-order chi connectivity index (χ0) is 20.4. The van der Waals surface area contributed by atoms with Crippen molar-refractivity contribution in [3.63, 3.8) is 0 Å². The van der Waals surface area contributed by atoms with E-state index in [0.29, 0.717) is 15.4 Å². The lowest BCUT2D eigenvalue weighted by molar-refractivity contribution is 0.0607. The fourth-order valence-corrected chi connectivity index (χ4v) is 5.37. The Bertz CT molecular complexity index is 1050. The molecule has 0 aliphatic carbocycles. The number of fused-ring (bicyclic) bond motifs is 1. The summed E-state index contributed by atoms with van der Waals surface area (Å²) in [4.78, 5) is 35.0. The summed E-state index contributed by atoms with van der Waals surface area (Å²) < 4.78 is 4.94. The number of anilines is 1. The van der Waals surface area contributed by atoms with Crippen molar-refractivity contribution in [2.24, 2.45) is 0 Å². The smallest absolute Gasteiger partial charge is 0.350 e. The van der Waals surface area contributed by atoms with Crippen molar-refractivity contribution >= 4 is 50.5 Å². The molecule has 1 N–H and O–H groups in total. The normalized spacial score (nSPS) is 14.8. The number of hydrogen-bond donors (Lipinski definition) is 1. The van der Waals surface area contributed by atoms with Gasteiger partial charge in [-0.25, -0.2) is 9.78 Å². The molecule has 4 heterocycles. The fourth-order valence-electron chi connectivity index (χ4n) is 3.54. The summed E-state index contributed by atoms with van der Waals surface area (Å²) in [7, 11) is 1.34. The number of pyridine rings is 1. The SMILES string of the molecule is COC(=O)c1sc2nc(CN3CCCCC3)ccc2c1NC(=O)c1ccc(C)s1. The van der Waals surface area contributed by atoms with Crippen LogP contribution >= 0.6 is 22.7 Å².